The van der Waals surface area contributed by atoms with Gasteiger partial charge in [-0.15, -0.1) is 0 Å². The molecule has 1 fully saturated rings. The number of rotatable bonds is 3. The second-order valence-corrected chi connectivity index (χ2v) is 6.44. The number of carbonyl (C=O) groups excluding carboxylic acids is 2. The number of ether oxygens (including phenoxy) is 1. The van der Waals surface area contributed by atoms with Gasteiger partial charge in [-0.05, 0) is 55.3 Å². The lowest BCUT2D eigenvalue weighted by Crippen LogP contribution is -2.28. The first kappa shape index (κ1) is 16.5. The van der Waals surface area contributed by atoms with E-state index in [1.54, 1.807) is 29.2 Å². The van der Waals surface area contributed by atoms with E-state index in [0.717, 1.165) is 16.8 Å². The highest BCUT2D eigenvalue weighted by Crippen LogP contribution is 2.30. The van der Waals surface area contributed by atoms with Crippen molar-refractivity contribution in [3.63, 3.8) is 0 Å². The lowest BCUT2D eigenvalue weighted by molar-refractivity contribution is -0.139. The second-order valence-electron chi connectivity index (χ2n) is 6.00. The number of hydrogen-bond acceptors (Lipinski definition) is 3. The fraction of sp³-hybridized carbons (Fsp3) is 0.263. The van der Waals surface area contributed by atoms with E-state index < -0.39 is 11.9 Å². The maximum Gasteiger partial charge on any atom is 0.316 e. The number of hydrogen-bond donors (Lipinski definition) is 0. The molecule has 0 saturated carbocycles. The first-order chi connectivity index (χ1) is 11.5. The van der Waals surface area contributed by atoms with E-state index in [4.69, 9.17) is 16.3 Å². The molecule has 1 unspecified atom stereocenters. The molecule has 1 heterocycles. The molecule has 24 heavy (non-hydrogen) atoms. The van der Waals surface area contributed by atoms with Crippen LogP contribution in [0, 0.1) is 19.8 Å². The Morgan fingerprint density at radius 1 is 1.17 bits per heavy atom. The van der Waals surface area contributed by atoms with Crippen LogP contribution in [0.5, 0.6) is 5.75 Å². The first-order valence-corrected chi connectivity index (χ1v) is 8.17. The average molecular weight is 344 g/mol. The minimum atomic E-state index is -0.465. The van der Waals surface area contributed by atoms with Crippen molar-refractivity contribution in [2.24, 2.45) is 5.92 Å². The van der Waals surface area contributed by atoms with Gasteiger partial charge < -0.3 is 9.64 Å². The van der Waals surface area contributed by atoms with Crippen LogP contribution in [0.4, 0.5) is 5.69 Å². The lowest BCUT2D eigenvalue weighted by atomic mass is 10.1. The molecule has 0 spiro atoms. The predicted molar refractivity (Wildman–Crippen MR) is 93.5 cm³/mol. The van der Waals surface area contributed by atoms with E-state index in [-0.39, 0.29) is 12.3 Å². The van der Waals surface area contributed by atoms with Gasteiger partial charge in [0.05, 0.1) is 5.92 Å². The van der Waals surface area contributed by atoms with Crippen molar-refractivity contribution >= 4 is 29.2 Å². The standard InChI is InChI=1S/C19H18ClNO3/c1-12-4-3-5-17(13(12)2)21-11-14(10-18(21)22)19(23)24-16-8-6-15(20)7-9-16/h3-9,14H,10-11H2,1-2H3. The van der Waals surface area contributed by atoms with E-state index in [9.17, 15) is 9.59 Å². The maximum absolute atomic E-state index is 12.4. The maximum atomic E-state index is 12.4. The molecule has 3 rings (SSSR count). The van der Waals surface area contributed by atoms with E-state index in [1.165, 1.54) is 0 Å². The summed E-state index contributed by atoms with van der Waals surface area (Å²) >= 11 is 5.82. The van der Waals surface area contributed by atoms with Crippen LogP contribution in [0.3, 0.4) is 0 Å². The van der Waals surface area contributed by atoms with Gasteiger partial charge in [-0.2, -0.15) is 0 Å². The summed E-state index contributed by atoms with van der Waals surface area (Å²) in [4.78, 5) is 26.4. The quantitative estimate of drug-likeness (QED) is 0.627. The molecule has 0 bridgehead atoms. The number of aryl methyl sites for hydroxylation is 1. The minimum Gasteiger partial charge on any atom is -0.426 e. The smallest absolute Gasteiger partial charge is 0.316 e. The zero-order valence-corrected chi connectivity index (χ0v) is 14.3. The van der Waals surface area contributed by atoms with Crippen LogP contribution >= 0.6 is 11.6 Å². The van der Waals surface area contributed by atoms with Crippen LogP contribution in [-0.4, -0.2) is 18.4 Å². The molecule has 1 atom stereocenters. The predicted octanol–water partition coefficient (Wildman–Crippen LogP) is 3.92. The summed E-state index contributed by atoms with van der Waals surface area (Å²) < 4.78 is 5.36. The SMILES string of the molecule is Cc1cccc(N2CC(C(=O)Oc3ccc(Cl)cc3)CC2=O)c1C. The van der Waals surface area contributed by atoms with Crippen molar-refractivity contribution in [3.8, 4) is 5.75 Å². The van der Waals surface area contributed by atoms with Gasteiger partial charge in [-0.3, -0.25) is 9.59 Å². The van der Waals surface area contributed by atoms with Crippen molar-refractivity contribution in [1.29, 1.82) is 0 Å². The number of carbonyl (C=O) groups is 2. The van der Waals surface area contributed by atoms with Gasteiger partial charge in [0.2, 0.25) is 5.91 Å². The Morgan fingerprint density at radius 2 is 1.88 bits per heavy atom. The third-order valence-electron chi connectivity index (χ3n) is 4.36. The zero-order chi connectivity index (χ0) is 17.3. The van der Waals surface area contributed by atoms with Gasteiger partial charge in [0.1, 0.15) is 5.75 Å². The van der Waals surface area contributed by atoms with Gasteiger partial charge in [-0.1, -0.05) is 23.7 Å². The summed E-state index contributed by atoms with van der Waals surface area (Å²) in [6.07, 6.45) is 0.166. The number of esters is 1. The average Bonchev–Trinajstić information content (AvgIpc) is 2.94. The Kier molecular flexibility index (Phi) is 4.58. The van der Waals surface area contributed by atoms with Crippen LogP contribution in [0.1, 0.15) is 17.5 Å². The molecule has 5 heteroatoms. The van der Waals surface area contributed by atoms with Crippen molar-refractivity contribution in [1.82, 2.24) is 0 Å². The van der Waals surface area contributed by atoms with E-state index in [0.29, 0.717) is 17.3 Å². The molecular weight excluding hydrogens is 326 g/mol. The second kappa shape index (κ2) is 6.65. The Balaban J connectivity index is 1.73. The van der Waals surface area contributed by atoms with Crippen molar-refractivity contribution in [2.75, 3.05) is 11.4 Å². The molecule has 1 amide bonds. The molecule has 0 aliphatic carbocycles. The molecule has 0 aromatic heterocycles. The number of halogens is 1. The van der Waals surface area contributed by atoms with Crippen LogP contribution in [0.15, 0.2) is 42.5 Å². The lowest BCUT2D eigenvalue weighted by Gasteiger charge is -2.20. The van der Waals surface area contributed by atoms with Gasteiger partial charge >= 0.3 is 5.97 Å². The highest BCUT2D eigenvalue weighted by atomic mass is 35.5. The number of anilines is 1. The Labute approximate surface area is 146 Å². The molecule has 2 aromatic rings. The molecule has 1 saturated heterocycles. The topological polar surface area (TPSA) is 46.6 Å². The van der Waals surface area contributed by atoms with Crippen molar-refractivity contribution in [3.05, 3.63) is 58.6 Å². The molecule has 1 aliphatic heterocycles. The first-order valence-electron chi connectivity index (χ1n) is 7.79. The van der Waals surface area contributed by atoms with Crippen LogP contribution < -0.4 is 9.64 Å². The van der Waals surface area contributed by atoms with Gasteiger partial charge in [0, 0.05) is 23.7 Å². The third-order valence-corrected chi connectivity index (χ3v) is 4.61. The minimum absolute atomic E-state index is 0.0539. The zero-order valence-electron chi connectivity index (χ0n) is 13.6. The summed E-state index contributed by atoms with van der Waals surface area (Å²) in [5.41, 5.74) is 3.03. The van der Waals surface area contributed by atoms with E-state index in [2.05, 4.69) is 0 Å². The van der Waals surface area contributed by atoms with Crippen LogP contribution in [0.2, 0.25) is 5.02 Å². The summed E-state index contributed by atoms with van der Waals surface area (Å²) in [5, 5.41) is 0.576. The molecule has 0 N–H and O–H groups in total. The molecule has 0 radical (unpaired) electrons. The number of nitrogens with zero attached hydrogens (tertiary/aromatic N) is 1. The van der Waals surface area contributed by atoms with Gasteiger partial charge in [-0.25, -0.2) is 0 Å². The molecular formula is C19H18ClNO3. The van der Waals surface area contributed by atoms with E-state index in [1.807, 2.05) is 32.0 Å². The largest absolute Gasteiger partial charge is 0.426 e. The van der Waals surface area contributed by atoms with Crippen molar-refractivity contribution < 1.29 is 14.3 Å². The molecule has 4 nitrogen and oxygen atoms in total. The Bertz CT molecular complexity index is 786. The summed E-state index contributed by atoms with van der Waals surface area (Å²) in [5.74, 6) is -0.477. The summed E-state index contributed by atoms with van der Waals surface area (Å²) in [6, 6.07) is 12.4. The Morgan fingerprint density at radius 3 is 2.58 bits per heavy atom. The Hall–Kier alpha value is -2.33. The van der Waals surface area contributed by atoms with Crippen LogP contribution in [-0.2, 0) is 9.59 Å². The third kappa shape index (κ3) is 3.29. The van der Waals surface area contributed by atoms with Gasteiger partial charge in [0.15, 0.2) is 0 Å². The van der Waals surface area contributed by atoms with Gasteiger partial charge in [0.25, 0.3) is 0 Å². The normalized spacial score (nSPS) is 17.2. The number of amides is 1. The molecule has 1 aliphatic rings. The fourth-order valence-electron chi connectivity index (χ4n) is 2.83. The fourth-order valence-corrected chi connectivity index (χ4v) is 2.95. The summed E-state index contributed by atoms with van der Waals surface area (Å²) in [7, 11) is 0. The van der Waals surface area contributed by atoms with E-state index >= 15 is 0 Å². The van der Waals surface area contributed by atoms with Crippen LogP contribution in [0.25, 0.3) is 0 Å². The monoisotopic (exact) mass is 343 g/mol. The van der Waals surface area contributed by atoms with Crippen molar-refractivity contribution in [2.45, 2.75) is 20.3 Å². The number of benzene rings is 2. The highest BCUT2D eigenvalue weighted by molar-refractivity contribution is 6.30. The highest BCUT2D eigenvalue weighted by Gasteiger charge is 2.37. The molecule has 124 valence electrons. The molecule has 2 aromatic carbocycles. The summed E-state index contributed by atoms with van der Waals surface area (Å²) in [6.45, 7) is 4.33.